The Balaban J connectivity index is 1.85. The number of rotatable bonds is 4. The average molecular weight is 247 g/mol. The highest BCUT2D eigenvalue weighted by Gasteiger charge is 2.13. The van der Waals surface area contributed by atoms with Gasteiger partial charge < -0.3 is 5.32 Å². The van der Waals surface area contributed by atoms with Crippen LogP contribution in [-0.4, -0.2) is 19.6 Å². The summed E-state index contributed by atoms with van der Waals surface area (Å²) in [6.45, 7) is 8.02. The number of hydrogen-bond acceptors (Lipinski definition) is 3. The van der Waals surface area contributed by atoms with E-state index < -0.39 is 0 Å². The summed E-state index contributed by atoms with van der Waals surface area (Å²) >= 11 is 0. The third-order valence-corrected chi connectivity index (χ3v) is 2.73. The Morgan fingerprint density at radius 3 is 2.61 bits per heavy atom. The van der Waals surface area contributed by atoms with Crippen molar-refractivity contribution in [3.8, 4) is 0 Å². The molecule has 18 heavy (non-hydrogen) atoms. The highest BCUT2D eigenvalue weighted by molar-refractivity contribution is 5.05. The molecular weight excluding hydrogens is 226 g/mol. The molecule has 0 aliphatic heterocycles. The summed E-state index contributed by atoms with van der Waals surface area (Å²) in [4.78, 5) is 0. The lowest BCUT2D eigenvalue weighted by molar-refractivity contribution is 0.355. The van der Waals surface area contributed by atoms with Gasteiger partial charge in [0.2, 0.25) is 0 Å². The second-order valence-corrected chi connectivity index (χ2v) is 5.55. The molecule has 2 rings (SSSR count). The lowest BCUT2D eigenvalue weighted by Crippen LogP contribution is -2.22. The van der Waals surface area contributed by atoms with E-state index in [2.05, 4.69) is 42.5 Å². The monoisotopic (exact) mass is 247 g/mol. The van der Waals surface area contributed by atoms with Crippen LogP contribution >= 0.6 is 0 Å². The third-order valence-electron chi connectivity index (χ3n) is 2.73. The Bertz CT molecular complexity index is 503. The number of hydrogen-bond donors (Lipinski definition) is 1. The summed E-state index contributed by atoms with van der Waals surface area (Å²) in [5.41, 5.74) is 2.29. The lowest BCUT2D eigenvalue weighted by atomic mass is 10.1. The Morgan fingerprint density at radius 2 is 2.06 bits per heavy atom. The molecule has 2 heterocycles. The van der Waals surface area contributed by atoms with E-state index in [4.69, 9.17) is 0 Å². The summed E-state index contributed by atoms with van der Waals surface area (Å²) < 4.78 is 3.80. The summed E-state index contributed by atoms with van der Waals surface area (Å²) in [6.07, 6.45) is 5.96. The molecular formula is C13H21N5. The normalized spacial score (nSPS) is 12.0. The number of nitrogens with one attached hydrogen (secondary N) is 1. The van der Waals surface area contributed by atoms with Crippen LogP contribution in [0.4, 0.5) is 0 Å². The molecule has 0 atom stereocenters. The van der Waals surface area contributed by atoms with Gasteiger partial charge in [-0.2, -0.15) is 10.2 Å². The van der Waals surface area contributed by atoms with Gasteiger partial charge in [-0.05, 0) is 26.8 Å². The maximum atomic E-state index is 4.37. The molecule has 2 aromatic heterocycles. The second kappa shape index (κ2) is 4.94. The van der Waals surface area contributed by atoms with Crippen LogP contribution in [-0.2, 0) is 25.7 Å². The molecule has 0 fully saturated rings. The van der Waals surface area contributed by atoms with E-state index in [-0.39, 0.29) is 5.54 Å². The minimum Gasteiger partial charge on any atom is -0.307 e. The van der Waals surface area contributed by atoms with Crippen LogP contribution in [0.2, 0.25) is 0 Å². The predicted molar refractivity (Wildman–Crippen MR) is 71.0 cm³/mol. The highest BCUT2D eigenvalue weighted by atomic mass is 15.3. The Morgan fingerprint density at radius 1 is 1.28 bits per heavy atom. The number of aromatic nitrogens is 4. The zero-order chi connectivity index (χ0) is 13.2. The van der Waals surface area contributed by atoms with Crippen LogP contribution < -0.4 is 5.32 Å². The summed E-state index contributed by atoms with van der Waals surface area (Å²) in [6, 6.07) is 2.02. The molecule has 0 aliphatic carbocycles. The zero-order valence-corrected chi connectivity index (χ0v) is 11.5. The molecule has 0 bridgehead atoms. The van der Waals surface area contributed by atoms with Gasteiger partial charge in [0.15, 0.2) is 0 Å². The molecule has 0 aliphatic rings. The first-order valence-corrected chi connectivity index (χ1v) is 6.18. The first-order chi connectivity index (χ1) is 8.45. The van der Waals surface area contributed by atoms with Crippen molar-refractivity contribution in [1.29, 1.82) is 0 Å². The average Bonchev–Trinajstić information content (AvgIpc) is 2.87. The standard InChI is InChI=1S/C13H21N5/c1-13(2,3)18-10-11(8-15-18)7-14-9-12-5-6-17(4)16-12/h5-6,8,10,14H,7,9H2,1-4H3. The minimum atomic E-state index is 0.0409. The Kier molecular flexibility index (Phi) is 3.52. The van der Waals surface area contributed by atoms with Gasteiger partial charge in [0.05, 0.1) is 17.4 Å². The van der Waals surface area contributed by atoms with Crippen molar-refractivity contribution in [2.24, 2.45) is 7.05 Å². The van der Waals surface area contributed by atoms with E-state index >= 15 is 0 Å². The smallest absolute Gasteiger partial charge is 0.0762 e. The summed E-state index contributed by atoms with van der Waals surface area (Å²) in [5.74, 6) is 0. The van der Waals surface area contributed by atoms with Gasteiger partial charge in [0.25, 0.3) is 0 Å². The fourth-order valence-corrected chi connectivity index (χ4v) is 1.71. The molecule has 0 saturated heterocycles. The Hall–Kier alpha value is -1.62. The molecule has 5 heteroatoms. The molecule has 0 amide bonds. The molecule has 0 unspecified atom stereocenters. The van der Waals surface area contributed by atoms with E-state index in [9.17, 15) is 0 Å². The van der Waals surface area contributed by atoms with Crippen LogP contribution in [0.1, 0.15) is 32.0 Å². The van der Waals surface area contributed by atoms with Crippen LogP contribution in [0.3, 0.4) is 0 Å². The molecule has 0 saturated carbocycles. The molecule has 2 aromatic rings. The minimum absolute atomic E-state index is 0.0409. The van der Waals surface area contributed by atoms with Crippen LogP contribution in [0, 0.1) is 0 Å². The predicted octanol–water partition coefficient (Wildman–Crippen LogP) is 1.66. The second-order valence-electron chi connectivity index (χ2n) is 5.55. The van der Waals surface area contributed by atoms with Crippen molar-refractivity contribution in [2.45, 2.75) is 39.4 Å². The van der Waals surface area contributed by atoms with E-state index in [1.54, 1.807) is 0 Å². The van der Waals surface area contributed by atoms with Crippen molar-refractivity contribution in [2.75, 3.05) is 0 Å². The fourth-order valence-electron chi connectivity index (χ4n) is 1.71. The number of aryl methyl sites for hydroxylation is 1. The zero-order valence-electron chi connectivity index (χ0n) is 11.5. The number of nitrogens with zero attached hydrogens (tertiary/aromatic N) is 4. The quantitative estimate of drug-likeness (QED) is 0.894. The maximum absolute atomic E-state index is 4.37. The largest absolute Gasteiger partial charge is 0.307 e. The molecule has 0 spiro atoms. The Labute approximate surface area is 108 Å². The van der Waals surface area contributed by atoms with Gasteiger partial charge in [-0.25, -0.2) is 0 Å². The SMILES string of the molecule is Cn1ccc(CNCc2cnn(C(C)(C)C)c2)n1. The topological polar surface area (TPSA) is 47.7 Å². The molecule has 98 valence electrons. The first kappa shape index (κ1) is 12.8. The van der Waals surface area contributed by atoms with Crippen molar-refractivity contribution in [3.63, 3.8) is 0 Å². The van der Waals surface area contributed by atoms with Crippen molar-refractivity contribution < 1.29 is 0 Å². The lowest BCUT2D eigenvalue weighted by Gasteiger charge is -2.18. The maximum Gasteiger partial charge on any atom is 0.0762 e. The summed E-state index contributed by atoms with van der Waals surface area (Å²) in [7, 11) is 1.93. The van der Waals surface area contributed by atoms with Gasteiger partial charge in [-0.1, -0.05) is 0 Å². The third kappa shape index (κ3) is 3.20. The molecule has 5 nitrogen and oxygen atoms in total. The van der Waals surface area contributed by atoms with Gasteiger partial charge >= 0.3 is 0 Å². The van der Waals surface area contributed by atoms with E-state index in [1.165, 1.54) is 5.56 Å². The molecule has 1 N–H and O–H groups in total. The first-order valence-electron chi connectivity index (χ1n) is 6.18. The van der Waals surface area contributed by atoms with Gasteiger partial charge in [-0.15, -0.1) is 0 Å². The van der Waals surface area contributed by atoms with Gasteiger partial charge in [0.1, 0.15) is 0 Å². The van der Waals surface area contributed by atoms with Crippen molar-refractivity contribution in [1.82, 2.24) is 24.9 Å². The molecule has 0 radical (unpaired) electrons. The van der Waals surface area contributed by atoms with Crippen molar-refractivity contribution >= 4 is 0 Å². The van der Waals surface area contributed by atoms with Crippen LogP contribution in [0.15, 0.2) is 24.7 Å². The van der Waals surface area contributed by atoms with Crippen molar-refractivity contribution in [3.05, 3.63) is 35.9 Å². The summed E-state index contributed by atoms with van der Waals surface area (Å²) in [5, 5.41) is 12.1. The van der Waals surface area contributed by atoms with E-state index in [1.807, 2.05) is 34.9 Å². The fraction of sp³-hybridized carbons (Fsp3) is 0.538. The van der Waals surface area contributed by atoms with E-state index in [0.717, 1.165) is 18.8 Å². The molecule has 0 aromatic carbocycles. The van der Waals surface area contributed by atoms with Crippen LogP contribution in [0.5, 0.6) is 0 Å². The highest BCUT2D eigenvalue weighted by Crippen LogP contribution is 2.13. The van der Waals surface area contributed by atoms with Crippen LogP contribution in [0.25, 0.3) is 0 Å². The van der Waals surface area contributed by atoms with Gasteiger partial charge in [0, 0.05) is 38.1 Å². The van der Waals surface area contributed by atoms with Gasteiger partial charge in [-0.3, -0.25) is 9.36 Å². The van der Waals surface area contributed by atoms with E-state index in [0.29, 0.717) is 0 Å².